The van der Waals surface area contributed by atoms with Crippen LogP contribution >= 0.6 is 70.6 Å². The molecule has 0 aliphatic heterocycles. The molecule has 0 bridgehead atoms. The highest BCUT2D eigenvalue weighted by Crippen LogP contribution is 2.56. The van der Waals surface area contributed by atoms with E-state index >= 15 is 0 Å². The Kier molecular flexibility index (Phi) is 34.6. The predicted molar refractivity (Wildman–Crippen MR) is 610 cm³/mol. The van der Waals surface area contributed by atoms with E-state index in [-0.39, 0.29) is 5.41 Å². The molecule has 146 heavy (non-hydrogen) atoms. The van der Waals surface area contributed by atoms with Crippen molar-refractivity contribution in [1.82, 2.24) is 24.9 Å². The lowest BCUT2D eigenvalue weighted by Crippen LogP contribution is -2.27. The van der Waals surface area contributed by atoms with E-state index in [4.69, 9.17) is 5.26 Å². The lowest BCUT2D eigenvalue weighted by atomic mass is 9.72. The first-order chi connectivity index (χ1) is 71.3. The number of benzene rings is 12. The summed E-state index contributed by atoms with van der Waals surface area (Å²) in [5.74, 6) is 7.04. The van der Waals surface area contributed by atoms with Crippen LogP contribution in [0.25, 0.3) is 121 Å². The first-order valence-electron chi connectivity index (χ1n) is 50.5. The standard InChI is InChI=1S/C23H22N2S.2C22H20N2S.C21H18N2S.C20H18N2S.C20H19NOS/c1-23(11-4-5-12-23)16-26-22-10-13-25-15-21(22)20-9-8-17(14-24)18-6-2-3-7-19(18)20;1-22(10-4-11-22)15-25-21-9-12-24-14-20(21)19-8-7-16(13-23)17-5-2-3-6-18(17)19;1-2-22(10-11-22)15-25-21-9-12-24-14-20(21)19-8-7-16(13-23)17-5-3-4-6-18(17)19;1-21(9-10-21)14-24-20-8-11-23-13-19(20)18-7-6-15(12-22)16-4-2-3-5-17(16)18;1-2-3-12-23-20-10-11-22-14-19(20)18-9-8-15(13-21)16-6-4-5-7-17(16)18;1-15(22)12-20(10-11-20)14-23-19-5-3-2-4-18(19)17-8-6-16(13-21)7-9-17/h2-3,6-10,13,15H,4-5,11-12,16H2,1H3;2-3,5-9,12,14H,4,10-11,15H2,1H3;3-9,12,14H,2,10-11,15H2,1H3;2-8,11,13H,9-10,14H2,1H3;4-11,14H,2-3,12H2,1H3;2-9H,10-12,14H2,1H3. The molecule has 0 saturated heterocycles. The molecular formula is C128H117N11OS6. The first kappa shape index (κ1) is 104. The Morgan fingerprint density at radius 2 is 0.562 bits per heavy atom. The van der Waals surface area contributed by atoms with E-state index < -0.39 is 0 Å². The second-order valence-electron chi connectivity index (χ2n) is 40.0. The molecule has 0 amide bonds. The fraction of sp³-hybridized carbons (Fsp3) is 0.266. The zero-order chi connectivity index (χ0) is 101. The minimum Gasteiger partial charge on any atom is -0.300 e. The van der Waals surface area contributed by atoms with Gasteiger partial charge in [0, 0.05) is 181 Å². The van der Waals surface area contributed by atoms with Gasteiger partial charge in [0.15, 0.2) is 0 Å². The first-order valence-corrected chi connectivity index (χ1v) is 56.4. The number of thioether (sulfide) groups is 6. The highest BCUT2D eigenvalue weighted by Gasteiger charge is 2.44. The second-order valence-corrected chi connectivity index (χ2v) is 46.2. The van der Waals surface area contributed by atoms with Crippen molar-refractivity contribution < 1.29 is 4.79 Å². The van der Waals surface area contributed by atoms with Crippen molar-refractivity contribution in [3.63, 3.8) is 0 Å². The average Bonchev–Trinajstić information content (AvgIpc) is 1.41. The summed E-state index contributed by atoms with van der Waals surface area (Å²) in [6, 6.07) is 101. The number of pyridine rings is 5. The Bertz CT molecular complexity index is 7730. The molecule has 17 aromatic rings. The SMILES string of the molecule is CC(=O)CC1(CSc2ccccc2-c2ccc(C#N)cc2)CC1.CC1(CSc2ccncc2-c2ccc(C#N)c3ccccc23)CC1.CC1(CSc2ccncc2-c2ccc(C#N)c3ccccc23)CCC1.CC1(CSc2ccncc2-c2ccc(C#N)c3ccccc23)CCCC1.CCC1(CSc2ccncc2-c2ccc(C#N)c3ccccc23)CC1.CCCCSc1ccncc1-c1ccc(C#N)c2ccccc12. The molecule has 12 nitrogen and oxygen atoms in total. The molecule has 18 heteroatoms. The number of ketones is 1. The molecule has 5 aliphatic rings. The van der Waals surface area contributed by atoms with Gasteiger partial charge in [0.2, 0.25) is 0 Å². The molecule has 0 spiro atoms. The summed E-state index contributed by atoms with van der Waals surface area (Å²) in [6.45, 7) is 13.4. The zero-order valence-corrected chi connectivity index (χ0v) is 88.5. The number of nitriles is 6. The molecule has 5 saturated carbocycles. The van der Waals surface area contributed by atoms with Crippen molar-refractivity contribution in [2.45, 2.75) is 180 Å². The molecular weight excluding hydrogens is 1900 g/mol. The number of rotatable bonds is 28. The van der Waals surface area contributed by atoms with Crippen molar-refractivity contribution in [1.29, 1.82) is 31.6 Å². The fourth-order valence-electron chi connectivity index (χ4n) is 19.3. The summed E-state index contributed by atoms with van der Waals surface area (Å²) in [6.07, 6.45) is 40.6. The van der Waals surface area contributed by atoms with Crippen molar-refractivity contribution in [3.8, 4) is 103 Å². The van der Waals surface area contributed by atoms with Gasteiger partial charge in [0.1, 0.15) is 5.78 Å². The van der Waals surface area contributed by atoms with Crippen LogP contribution in [0, 0.1) is 95.1 Å². The lowest BCUT2D eigenvalue weighted by Gasteiger charge is -2.38. The third-order valence-corrected chi connectivity index (χ3v) is 37.6. The van der Waals surface area contributed by atoms with Crippen LogP contribution in [0.5, 0.6) is 0 Å². The normalized spacial score (nSPS) is 14.6. The van der Waals surface area contributed by atoms with Crippen molar-refractivity contribution >= 4 is 130 Å². The fourth-order valence-corrected chi connectivity index (χ4v) is 27.0. The minimum atomic E-state index is 0.230. The van der Waals surface area contributed by atoms with E-state index in [1.165, 1.54) is 155 Å². The largest absolute Gasteiger partial charge is 0.300 e. The summed E-state index contributed by atoms with van der Waals surface area (Å²) in [5.41, 5.74) is 20.4. The van der Waals surface area contributed by atoms with E-state index in [2.05, 4.69) is 199 Å². The third-order valence-electron chi connectivity index (χ3n) is 29.1. The van der Waals surface area contributed by atoms with E-state index in [1.807, 2.05) is 290 Å². The van der Waals surface area contributed by atoms with Gasteiger partial charge >= 0.3 is 0 Å². The van der Waals surface area contributed by atoms with E-state index in [0.29, 0.717) is 45.0 Å². The minimum absolute atomic E-state index is 0.230. The Morgan fingerprint density at radius 3 is 0.842 bits per heavy atom. The predicted octanol–water partition coefficient (Wildman–Crippen LogP) is 35.0. The highest BCUT2D eigenvalue weighted by molar-refractivity contribution is 8.00. The number of carbonyl (C=O) groups is 1. The lowest BCUT2D eigenvalue weighted by molar-refractivity contribution is -0.118. The Labute approximate surface area is 885 Å². The molecule has 726 valence electrons. The molecule has 22 rings (SSSR count). The van der Waals surface area contributed by atoms with Crippen LogP contribution in [0.15, 0.2) is 352 Å². The van der Waals surface area contributed by atoms with Crippen molar-refractivity contribution in [3.05, 3.63) is 356 Å². The molecule has 5 aliphatic carbocycles. The smallest absolute Gasteiger partial charge is 0.130 e. The second kappa shape index (κ2) is 48.6. The van der Waals surface area contributed by atoms with Gasteiger partial charge in [-0.15, -0.1) is 70.6 Å². The van der Waals surface area contributed by atoms with Crippen molar-refractivity contribution in [2.24, 2.45) is 27.1 Å². The van der Waals surface area contributed by atoms with Gasteiger partial charge in [-0.25, -0.2) is 0 Å². The molecule has 5 fully saturated rings. The number of carbonyl (C=O) groups excluding carboxylic acids is 1. The maximum absolute atomic E-state index is 11.4. The number of Topliss-reactive ketones (excluding diaryl/α,β-unsaturated/α-hetero) is 1. The summed E-state index contributed by atoms with van der Waals surface area (Å²) in [5, 5.41) is 66.4. The summed E-state index contributed by atoms with van der Waals surface area (Å²) < 4.78 is 0. The average molecular weight is 2020 g/mol. The molecule has 5 aromatic heterocycles. The number of unbranched alkanes of at least 4 members (excludes halogenated alkanes) is 1. The number of hydrogen-bond donors (Lipinski definition) is 0. The van der Waals surface area contributed by atoms with Crippen molar-refractivity contribution in [2.75, 3.05) is 34.5 Å². The van der Waals surface area contributed by atoms with Gasteiger partial charge in [-0.2, -0.15) is 31.6 Å². The highest BCUT2D eigenvalue weighted by atomic mass is 32.2. The third kappa shape index (κ3) is 25.4. The van der Waals surface area contributed by atoms with Crippen LogP contribution in [0.1, 0.15) is 184 Å². The molecule has 0 unspecified atom stereocenters. The van der Waals surface area contributed by atoms with Crippen LogP contribution in [0.3, 0.4) is 0 Å². The van der Waals surface area contributed by atoms with Crippen LogP contribution in [-0.4, -0.2) is 65.2 Å². The van der Waals surface area contributed by atoms with E-state index in [1.54, 1.807) is 6.92 Å². The number of aromatic nitrogens is 5. The summed E-state index contributed by atoms with van der Waals surface area (Å²) in [7, 11) is 0. The summed E-state index contributed by atoms with van der Waals surface area (Å²) in [4.78, 5) is 40.8. The molecule has 0 atom stereocenters. The Balaban J connectivity index is 0.000000120. The number of nitrogens with zero attached hydrogens (tertiary/aromatic N) is 11. The quantitative estimate of drug-likeness (QED) is 0.0328. The number of hydrogen-bond acceptors (Lipinski definition) is 18. The van der Waals surface area contributed by atoms with Gasteiger partial charge < -0.3 is 4.79 Å². The van der Waals surface area contributed by atoms with Crippen LogP contribution in [0.2, 0.25) is 0 Å². The van der Waals surface area contributed by atoms with Crippen LogP contribution in [0.4, 0.5) is 0 Å². The molecule has 12 aromatic carbocycles. The Hall–Kier alpha value is -13.6. The maximum atomic E-state index is 11.4. The van der Waals surface area contributed by atoms with Crippen LogP contribution < -0.4 is 0 Å². The molecule has 0 radical (unpaired) electrons. The maximum Gasteiger partial charge on any atom is 0.130 e. The number of fused-ring (bicyclic) bond motifs is 5. The monoisotopic (exact) mass is 2020 g/mol. The van der Waals surface area contributed by atoms with Gasteiger partial charge in [-0.05, 0) is 262 Å². The van der Waals surface area contributed by atoms with Gasteiger partial charge in [-0.1, -0.05) is 242 Å². The topological polar surface area (TPSA) is 224 Å². The van der Waals surface area contributed by atoms with Crippen LogP contribution in [-0.2, 0) is 4.79 Å². The summed E-state index contributed by atoms with van der Waals surface area (Å²) >= 11 is 11.5. The molecule has 5 heterocycles. The van der Waals surface area contributed by atoms with E-state index in [9.17, 15) is 31.1 Å². The van der Waals surface area contributed by atoms with Gasteiger partial charge in [0.25, 0.3) is 0 Å². The van der Waals surface area contributed by atoms with Gasteiger partial charge in [0.05, 0.1) is 69.8 Å². The Morgan fingerprint density at radius 1 is 0.281 bits per heavy atom. The zero-order valence-electron chi connectivity index (χ0n) is 83.6. The van der Waals surface area contributed by atoms with Gasteiger partial charge in [-0.3, -0.25) is 24.9 Å². The molecule has 0 N–H and O–H groups in total. The van der Waals surface area contributed by atoms with E-state index in [0.717, 1.165) is 155 Å².